The summed E-state index contributed by atoms with van der Waals surface area (Å²) in [7, 11) is 0. The van der Waals surface area contributed by atoms with Gasteiger partial charge in [-0.05, 0) is 48.9 Å². The third-order valence-electron chi connectivity index (χ3n) is 5.09. The molecule has 3 fully saturated rings. The largest absolute Gasteiger partial charge is 0.328 e. The molecule has 0 radical (unpaired) electrons. The lowest BCUT2D eigenvalue weighted by Gasteiger charge is -2.62. The Morgan fingerprint density at radius 2 is 1.92 bits per heavy atom. The Morgan fingerprint density at radius 3 is 2.31 bits per heavy atom. The molecule has 0 aromatic heterocycles. The minimum atomic E-state index is 0.399. The normalized spacial score (nSPS) is 49.6. The average Bonchev–Trinajstić information content (AvgIpc) is 2.02. The van der Waals surface area contributed by atoms with Gasteiger partial charge in [0.15, 0.2) is 0 Å². The van der Waals surface area contributed by atoms with Crippen molar-refractivity contribution in [1.82, 2.24) is 0 Å². The van der Waals surface area contributed by atoms with E-state index in [0.717, 1.165) is 23.7 Å². The molecule has 5 atom stereocenters. The standard InChI is InChI=1S/C12H23N/c1-7-10(8(2)13)5-9-6-11(7)12(9,3)4/h7-11H,5-6,13H2,1-4H3. The molecule has 5 unspecified atom stereocenters. The highest BCUT2D eigenvalue weighted by Crippen LogP contribution is 2.63. The van der Waals surface area contributed by atoms with Crippen LogP contribution in [0.2, 0.25) is 0 Å². The Balaban J connectivity index is 2.12. The highest BCUT2D eigenvalue weighted by atomic mass is 14.7. The van der Waals surface area contributed by atoms with Gasteiger partial charge in [0.2, 0.25) is 0 Å². The van der Waals surface area contributed by atoms with E-state index >= 15 is 0 Å². The van der Waals surface area contributed by atoms with Crippen LogP contribution in [0, 0.1) is 29.1 Å². The Kier molecular flexibility index (Phi) is 1.99. The van der Waals surface area contributed by atoms with Crippen LogP contribution in [-0.2, 0) is 0 Å². The van der Waals surface area contributed by atoms with E-state index < -0.39 is 0 Å². The maximum absolute atomic E-state index is 6.03. The van der Waals surface area contributed by atoms with Crippen LogP contribution < -0.4 is 5.73 Å². The van der Waals surface area contributed by atoms with E-state index in [0.29, 0.717) is 11.5 Å². The van der Waals surface area contributed by atoms with Gasteiger partial charge in [-0.1, -0.05) is 20.8 Å². The Morgan fingerprint density at radius 1 is 1.31 bits per heavy atom. The molecule has 3 aliphatic carbocycles. The zero-order valence-electron chi connectivity index (χ0n) is 9.38. The van der Waals surface area contributed by atoms with E-state index in [9.17, 15) is 0 Å². The highest BCUT2D eigenvalue weighted by Gasteiger charge is 2.56. The summed E-state index contributed by atoms with van der Waals surface area (Å²) in [6.07, 6.45) is 2.85. The summed E-state index contributed by atoms with van der Waals surface area (Å²) in [5, 5.41) is 0. The van der Waals surface area contributed by atoms with E-state index in [1.165, 1.54) is 12.8 Å². The van der Waals surface area contributed by atoms with E-state index in [2.05, 4.69) is 27.7 Å². The fraction of sp³-hybridized carbons (Fsp3) is 1.00. The van der Waals surface area contributed by atoms with Crippen molar-refractivity contribution in [3.05, 3.63) is 0 Å². The third kappa shape index (κ3) is 1.16. The Hall–Kier alpha value is -0.0400. The van der Waals surface area contributed by atoms with Crippen molar-refractivity contribution in [3.63, 3.8) is 0 Å². The first-order chi connectivity index (χ1) is 5.94. The zero-order chi connectivity index (χ0) is 9.80. The second-order valence-corrected chi connectivity index (χ2v) is 5.98. The number of rotatable bonds is 1. The molecular weight excluding hydrogens is 158 g/mol. The lowest BCUT2D eigenvalue weighted by molar-refractivity contribution is -0.132. The summed E-state index contributed by atoms with van der Waals surface area (Å²) in [5.74, 6) is 3.55. The first-order valence-electron chi connectivity index (χ1n) is 5.70. The monoisotopic (exact) mass is 181 g/mol. The lowest BCUT2D eigenvalue weighted by Crippen LogP contribution is -2.57. The fourth-order valence-electron chi connectivity index (χ4n) is 3.88. The molecule has 3 rings (SSSR count). The first kappa shape index (κ1) is 9.51. The summed E-state index contributed by atoms with van der Waals surface area (Å²) in [6, 6.07) is 0.399. The molecule has 2 N–H and O–H groups in total. The Bertz CT molecular complexity index is 205. The first-order valence-corrected chi connectivity index (χ1v) is 5.70. The smallest absolute Gasteiger partial charge is 0.00415 e. The molecule has 0 heterocycles. The number of fused-ring (bicyclic) bond motifs is 2. The molecule has 0 aromatic rings. The minimum Gasteiger partial charge on any atom is -0.328 e. The number of hydrogen-bond donors (Lipinski definition) is 1. The van der Waals surface area contributed by atoms with E-state index in [4.69, 9.17) is 5.73 Å². The molecule has 76 valence electrons. The molecule has 0 aliphatic heterocycles. The van der Waals surface area contributed by atoms with Crippen molar-refractivity contribution in [1.29, 1.82) is 0 Å². The van der Waals surface area contributed by atoms with E-state index in [1.807, 2.05) is 0 Å². The summed E-state index contributed by atoms with van der Waals surface area (Å²) >= 11 is 0. The Labute approximate surface area is 82.1 Å². The molecule has 0 spiro atoms. The second-order valence-electron chi connectivity index (χ2n) is 5.98. The molecule has 1 nitrogen and oxygen atoms in total. The summed E-state index contributed by atoms with van der Waals surface area (Å²) in [4.78, 5) is 0. The van der Waals surface area contributed by atoms with E-state index in [-0.39, 0.29) is 0 Å². The molecule has 3 saturated carbocycles. The highest BCUT2D eigenvalue weighted by molar-refractivity contribution is 5.06. The van der Waals surface area contributed by atoms with Gasteiger partial charge in [-0.15, -0.1) is 0 Å². The SMILES string of the molecule is CC(N)C1CC2CC(C1C)C2(C)C. The summed E-state index contributed by atoms with van der Waals surface area (Å²) in [6.45, 7) is 9.48. The van der Waals surface area contributed by atoms with Crippen molar-refractivity contribution < 1.29 is 0 Å². The van der Waals surface area contributed by atoms with Gasteiger partial charge < -0.3 is 5.73 Å². The van der Waals surface area contributed by atoms with Crippen LogP contribution in [0.3, 0.4) is 0 Å². The van der Waals surface area contributed by atoms with Crippen molar-refractivity contribution >= 4 is 0 Å². The number of nitrogens with two attached hydrogens (primary N) is 1. The predicted molar refractivity (Wildman–Crippen MR) is 56.3 cm³/mol. The quantitative estimate of drug-likeness (QED) is 0.661. The van der Waals surface area contributed by atoms with Crippen molar-refractivity contribution in [2.45, 2.75) is 46.6 Å². The maximum Gasteiger partial charge on any atom is 0.00415 e. The maximum atomic E-state index is 6.03. The van der Waals surface area contributed by atoms with Gasteiger partial charge in [-0.3, -0.25) is 0 Å². The average molecular weight is 181 g/mol. The van der Waals surface area contributed by atoms with Crippen molar-refractivity contribution in [2.24, 2.45) is 34.8 Å². The molecule has 0 amide bonds. The van der Waals surface area contributed by atoms with Gasteiger partial charge in [-0.25, -0.2) is 0 Å². The van der Waals surface area contributed by atoms with Crippen molar-refractivity contribution in [3.8, 4) is 0 Å². The molecule has 1 heteroatoms. The topological polar surface area (TPSA) is 26.0 Å². The van der Waals surface area contributed by atoms with Crippen LogP contribution in [-0.4, -0.2) is 6.04 Å². The van der Waals surface area contributed by atoms with E-state index in [1.54, 1.807) is 0 Å². The van der Waals surface area contributed by atoms with Gasteiger partial charge >= 0.3 is 0 Å². The van der Waals surface area contributed by atoms with Gasteiger partial charge in [0.05, 0.1) is 0 Å². The fourth-order valence-corrected chi connectivity index (χ4v) is 3.88. The van der Waals surface area contributed by atoms with Crippen LogP contribution in [0.5, 0.6) is 0 Å². The second kappa shape index (κ2) is 2.73. The third-order valence-corrected chi connectivity index (χ3v) is 5.09. The van der Waals surface area contributed by atoms with Gasteiger partial charge in [0.25, 0.3) is 0 Å². The molecule has 0 aromatic carbocycles. The summed E-state index contributed by atoms with van der Waals surface area (Å²) in [5.41, 5.74) is 6.64. The van der Waals surface area contributed by atoms with Gasteiger partial charge in [-0.2, -0.15) is 0 Å². The molecule has 3 aliphatic rings. The zero-order valence-corrected chi connectivity index (χ0v) is 9.38. The van der Waals surface area contributed by atoms with Gasteiger partial charge in [0, 0.05) is 6.04 Å². The van der Waals surface area contributed by atoms with Gasteiger partial charge in [0.1, 0.15) is 0 Å². The molecule has 13 heavy (non-hydrogen) atoms. The molecular formula is C12H23N. The van der Waals surface area contributed by atoms with Crippen LogP contribution in [0.1, 0.15) is 40.5 Å². The van der Waals surface area contributed by atoms with Crippen LogP contribution >= 0.6 is 0 Å². The molecule has 0 saturated heterocycles. The lowest BCUT2D eigenvalue weighted by atomic mass is 9.43. The van der Waals surface area contributed by atoms with Crippen LogP contribution in [0.25, 0.3) is 0 Å². The molecule has 2 bridgehead atoms. The number of hydrogen-bond acceptors (Lipinski definition) is 1. The van der Waals surface area contributed by atoms with Crippen LogP contribution in [0.15, 0.2) is 0 Å². The minimum absolute atomic E-state index is 0.399. The predicted octanol–water partition coefficient (Wildman–Crippen LogP) is 2.65. The van der Waals surface area contributed by atoms with Crippen molar-refractivity contribution in [2.75, 3.05) is 0 Å². The van der Waals surface area contributed by atoms with Crippen LogP contribution in [0.4, 0.5) is 0 Å². The summed E-state index contributed by atoms with van der Waals surface area (Å²) < 4.78 is 0.